The van der Waals surface area contributed by atoms with Crippen molar-refractivity contribution in [3.63, 3.8) is 0 Å². The summed E-state index contributed by atoms with van der Waals surface area (Å²) in [5.74, 6) is 1.30. The number of carbonyl (C=O) groups excluding carboxylic acids is 1. The fourth-order valence-electron chi connectivity index (χ4n) is 3.45. The van der Waals surface area contributed by atoms with Crippen LogP contribution in [-0.4, -0.2) is 29.8 Å². The molecule has 0 spiro atoms. The number of unbranched alkanes of at least 4 members (excludes halogenated alkanes) is 1. The molecule has 5 nitrogen and oxygen atoms in total. The molecular weight excluding hydrogens is 342 g/mol. The Bertz CT molecular complexity index is 838. The standard InChI is InChI=1S/C22H21NO4/c1-2-3-4-13-20(21(24)25)23-22(26)27-14-19-17-11-7-5-9-15(17)16-10-6-8-12-18(16)19/h1,5-12,19-20H,3-4,13-14H2,(H,23,26)(H,24,25). The fraction of sp³-hybridized carbons (Fsp3) is 0.273. The lowest BCUT2D eigenvalue weighted by molar-refractivity contribution is -0.139. The topological polar surface area (TPSA) is 75.6 Å². The number of fused-ring (bicyclic) bond motifs is 3. The molecule has 0 fully saturated rings. The zero-order valence-electron chi connectivity index (χ0n) is 14.9. The monoisotopic (exact) mass is 363 g/mol. The smallest absolute Gasteiger partial charge is 0.407 e. The number of alkyl carbamates (subject to hydrolysis) is 1. The summed E-state index contributed by atoms with van der Waals surface area (Å²) in [5, 5.41) is 11.7. The van der Waals surface area contributed by atoms with E-state index in [0.717, 1.165) is 22.3 Å². The number of carboxylic acids is 1. The number of hydrogen-bond acceptors (Lipinski definition) is 3. The average molecular weight is 363 g/mol. The minimum absolute atomic E-state index is 0.0622. The largest absolute Gasteiger partial charge is 0.480 e. The van der Waals surface area contributed by atoms with Crippen LogP contribution < -0.4 is 5.32 Å². The second-order valence-electron chi connectivity index (χ2n) is 6.46. The predicted molar refractivity (Wildman–Crippen MR) is 102 cm³/mol. The van der Waals surface area contributed by atoms with Crippen LogP contribution in [0.4, 0.5) is 4.79 Å². The summed E-state index contributed by atoms with van der Waals surface area (Å²) in [5.41, 5.74) is 4.49. The Morgan fingerprint density at radius 1 is 1.11 bits per heavy atom. The molecule has 5 heteroatoms. The van der Waals surface area contributed by atoms with Crippen LogP contribution in [0.1, 0.15) is 36.3 Å². The molecule has 138 valence electrons. The molecule has 0 aliphatic heterocycles. The van der Waals surface area contributed by atoms with Crippen molar-refractivity contribution in [1.82, 2.24) is 5.32 Å². The van der Waals surface area contributed by atoms with Crippen molar-refractivity contribution in [2.24, 2.45) is 0 Å². The summed E-state index contributed by atoms with van der Waals surface area (Å²) < 4.78 is 5.37. The third-order valence-electron chi connectivity index (χ3n) is 4.75. The highest BCUT2D eigenvalue weighted by molar-refractivity contribution is 5.81. The van der Waals surface area contributed by atoms with Gasteiger partial charge in [-0.1, -0.05) is 48.5 Å². The molecule has 0 aromatic heterocycles. The lowest BCUT2D eigenvalue weighted by Crippen LogP contribution is -2.41. The fourth-order valence-corrected chi connectivity index (χ4v) is 3.45. The van der Waals surface area contributed by atoms with Gasteiger partial charge in [-0.25, -0.2) is 9.59 Å². The number of carbonyl (C=O) groups is 2. The van der Waals surface area contributed by atoms with Crippen molar-refractivity contribution in [3.8, 4) is 23.5 Å². The second-order valence-corrected chi connectivity index (χ2v) is 6.46. The minimum atomic E-state index is -1.10. The molecule has 0 saturated heterocycles. The van der Waals surface area contributed by atoms with Crippen LogP contribution in [0.2, 0.25) is 0 Å². The molecule has 27 heavy (non-hydrogen) atoms. The molecule has 0 saturated carbocycles. The normalized spacial score (nSPS) is 13.1. The first kappa shape index (κ1) is 18.5. The summed E-state index contributed by atoms with van der Waals surface area (Å²) in [6.07, 6.45) is 5.71. The molecule has 0 heterocycles. The van der Waals surface area contributed by atoms with Gasteiger partial charge in [-0.3, -0.25) is 0 Å². The zero-order chi connectivity index (χ0) is 19.2. The molecule has 1 unspecified atom stereocenters. The van der Waals surface area contributed by atoms with Gasteiger partial charge < -0.3 is 15.2 Å². The Morgan fingerprint density at radius 2 is 1.70 bits per heavy atom. The summed E-state index contributed by atoms with van der Waals surface area (Å²) in [4.78, 5) is 23.4. The van der Waals surface area contributed by atoms with Gasteiger partial charge in [0.1, 0.15) is 12.6 Å². The first-order chi connectivity index (χ1) is 13.1. The van der Waals surface area contributed by atoms with E-state index >= 15 is 0 Å². The van der Waals surface area contributed by atoms with Crippen molar-refractivity contribution in [1.29, 1.82) is 0 Å². The van der Waals surface area contributed by atoms with E-state index < -0.39 is 18.1 Å². The lowest BCUT2D eigenvalue weighted by atomic mass is 9.98. The SMILES string of the molecule is C#CCCCC(NC(=O)OCC1c2ccccc2-c2ccccc21)C(=O)O. The van der Waals surface area contributed by atoms with E-state index in [2.05, 4.69) is 23.4 Å². The molecule has 2 N–H and O–H groups in total. The number of nitrogens with one attached hydrogen (secondary N) is 1. The second kappa shape index (κ2) is 8.41. The van der Waals surface area contributed by atoms with E-state index in [4.69, 9.17) is 11.2 Å². The van der Waals surface area contributed by atoms with Crippen molar-refractivity contribution in [2.75, 3.05) is 6.61 Å². The Morgan fingerprint density at radius 3 is 2.26 bits per heavy atom. The number of terminal acetylenes is 1. The molecule has 2 aromatic carbocycles. The van der Waals surface area contributed by atoms with Crippen LogP contribution in [0.3, 0.4) is 0 Å². The highest BCUT2D eigenvalue weighted by Crippen LogP contribution is 2.44. The van der Waals surface area contributed by atoms with E-state index in [1.54, 1.807) is 0 Å². The Balaban J connectivity index is 1.65. The summed E-state index contributed by atoms with van der Waals surface area (Å²) in [6, 6.07) is 15.1. The van der Waals surface area contributed by atoms with Gasteiger partial charge in [0.15, 0.2) is 0 Å². The van der Waals surface area contributed by atoms with Gasteiger partial charge >= 0.3 is 12.1 Å². The van der Waals surface area contributed by atoms with Crippen molar-refractivity contribution < 1.29 is 19.4 Å². The Labute approximate surface area is 158 Å². The number of hydrogen-bond donors (Lipinski definition) is 2. The third-order valence-corrected chi connectivity index (χ3v) is 4.75. The molecule has 2 aromatic rings. The summed E-state index contributed by atoms with van der Waals surface area (Å²) in [6.45, 7) is 0.149. The van der Waals surface area contributed by atoms with Crippen LogP contribution in [0.15, 0.2) is 48.5 Å². The van der Waals surface area contributed by atoms with Gasteiger partial charge in [-0.05, 0) is 35.1 Å². The first-order valence-corrected chi connectivity index (χ1v) is 8.89. The Hall–Kier alpha value is -3.26. The molecule has 0 bridgehead atoms. The molecule has 1 aliphatic carbocycles. The minimum Gasteiger partial charge on any atom is -0.480 e. The zero-order valence-corrected chi connectivity index (χ0v) is 14.9. The number of carboxylic acid groups (broad SMARTS) is 1. The number of aliphatic carboxylic acids is 1. The van der Waals surface area contributed by atoms with E-state index in [-0.39, 0.29) is 18.9 Å². The Kier molecular flexibility index (Phi) is 5.77. The van der Waals surface area contributed by atoms with Crippen molar-refractivity contribution in [3.05, 3.63) is 59.7 Å². The maximum absolute atomic E-state index is 12.1. The van der Waals surface area contributed by atoms with Gasteiger partial charge in [-0.15, -0.1) is 12.3 Å². The molecule has 1 amide bonds. The molecule has 1 atom stereocenters. The highest BCUT2D eigenvalue weighted by atomic mass is 16.5. The van der Waals surface area contributed by atoms with E-state index in [1.807, 2.05) is 36.4 Å². The summed E-state index contributed by atoms with van der Waals surface area (Å²) in [7, 11) is 0. The van der Waals surface area contributed by atoms with Crippen LogP contribution in [0, 0.1) is 12.3 Å². The lowest BCUT2D eigenvalue weighted by Gasteiger charge is -2.17. The van der Waals surface area contributed by atoms with Crippen LogP contribution in [-0.2, 0) is 9.53 Å². The highest BCUT2D eigenvalue weighted by Gasteiger charge is 2.29. The van der Waals surface area contributed by atoms with E-state index in [0.29, 0.717) is 12.8 Å². The van der Waals surface area contributed by atoms with Gasteiger partial charge in [0.05, 0.1) is 0 Å². The molecule has 3 rings (SSSR count). The van der Waals surface area contributed by atoms with Crippen molar-refractivity contribution in [2.45, 2.75) is 31.2 Å². The van der Waals surface area contributed by atoms with Crippen LogP contribution in [0.25, 0.3) is 11.1 Å². The maximum Gasteiger partial charge on any atom is 0.407 e. The van der Waals surface area contributed by atoms with Gasteiger partial charge in [0.2, 0.25) is 0 Å². The quantitative estimate of drug-likeness (QED) is 0.580. The molecular formula is C22H21NO4. The van der Waals surface area contributed by atoms with Gasteiger partial charge in [-0.2, -0.15) is 0 Å². The summed E-state index contributed by atoms with van der Waals surface area (Å²) >= 11 is 0. The number of ether oxygens (including phenoxy) is 1. The van der Waals surface area contributed by atoms with Gasteiger partial charge in [0, 0.05) is 12.3 Å². The number of benzene rings is 2. The predicted octanol–water partition coefficient (Wildman–Crippen LogP) is 3.78. The maximum atomic E-state index is 12.1. The van der Waals surface area contributed by atoms with E-state index in [1.165, 1.54) is 0 Å². The molecule has 1 aliphatic rings. The van der Waals surface area contributed by atoms with Gasteiger partial charge in [0.25, 0.3) is 0 Å². The number of rotatable bonds is 7. The number of amides is 1. The van der Waals surface area contributed by atoms with E-state index in [9.17, 15) is 14.7 Å². The van der Waals surface area contributed by atoms with Crippen LogP contribution in [0.5, 0.6) is 0 Å². The first-order valence-electron chi connectivity index (χ1n) is 8.89. The van der Waals surface area contributed by atoms with Crippen molar-refractivity contribution >= 4 is 12.1 Å². The van der Waals surface area contributed by atoms with Crippen LogP contribution >= 0.6 is 0 Å². The third kappa shape index (κ3) is 4.12. The molecule has 0 radical (unpaired) electrons. The average Bonchev–Trinajstić information content (AvgIpc) is 2.99.